The van der Waals surface area contributed by atoms with E-state index in [4.69, 9.17) is 10.3 Å². The number of nitrogens with two attached hydrogens (primary N) is 1. The highest BCUT2D eigenvalue weighted by Gasteiger charge is 2.54. The zero-order valence-corrected chi connectivity index (χ0v) is 11.9. The predicted molar refractivity (Wildman–Crippen MR) is 66.9 cm³/mol. The van der Waals surface area contributed by atoms with Gasteiger partial charge in [-0.2, -0.15) is 23.3 Å². The standard InChI is InChI=1S/C9H9N5O8S/c10-8(17)13-5-3(1-11-13)4-2-12(6(5)7(15)16)9(18)14(4)22-23(19,20)21/h1,4,6H,2H2,(H2,10,17)(H,15,16)(H,19,20,21)/t4-,6+/m1/s1. The lowest BCUT2D eigenvalue weighted by atomic mass is 9.98. The molecule has 124 valence electrons. The maximum atomic E-state index is 12.2. The fourth-order valence-corrected chi connectivity index (χ4v) is 3.07. The Labute approximate surface area is 127 Å². The van der Waals surface area contributed by atoms with Crippen molar-refractivity contribution in [2.45, 2.75) is 12.1 Å². The maximum Gasteiger partial charge on any atom is 0.418 e. The number of carbonyl (C=O) groups is 3. The predicted octanol–water partition coefficient (Wildman–Crippen LogP) is -1.54. The summed E-state index contributed by atoms with van der Waals surface area (Å²) in [5, 5.41) is 13.3. The third kappa shape index (κ3) is 2.19. The van der Waals surface area contributed by atoms with E-state index >= 15 is 0 Å². The summed E-state index contributed by atoms with van der Waals surface area (Å²) in [6.07, 6.45) is 1.08. The molecule has 13 nitrogen and oxygen atoms in total. The summed E-state index contributed by atoms with van der Waals surface area (Å²) in [7, 11) is -5.02. The number of carbonyl (C=O) groups excluding carboxylic acids is 2. The first-order valence-corrected chi connectivity index (χ1v) is 7.35. The van der Waals surface area contributed by atoms with E-state index < -0.39 is 40.5 Å². The van der Waals surface area contributed by atoms with Crippen LogP contribution in [-0.4, -0.2) is 62.4 Å². The van der Waals surface area contributed by atoms with Gasteiger partial charge in [0.2, 0.25) is 0 Å². The molecule has 1 fully saturated rings. The molecule has 3 amide bonds. The minimum absolute atomic E-state index is 0.0713. The van der Waals surface area contributed by atoms with Crippen LogP contribution in [0.2, 0.25) is 0 Å². The molecule has 0 aliphatic carbocycles. The number of urea groups is 1. The highest BCUT2D eigenvalue weighted by Crippen LogP contribution is 2.44. The van der Waals surface area contributed by atoms with Crippen molar-refractivity contribution in [1.29, 1.82) is 0 Å². The van der Waals surface area contributed by atoms with E-state index in [9.17, 15) is 27.9 Å². The molecular weight excluding hydrogens is 338 g/mol. The SMILES string of the molecule is NC(=O)n1ncc2c1[C@@H](C(=O)O)N1C[C@H]2N(OS(=O)(=O)O)C1=O. The molecule has 0 unspecified atom stereocenters. The summed E-state index contributed by atoms with van der Waals surface area (Å²) in [4.78, 5) is 35.8. The van der Waals surface area contributed by atoms with E-state index in [-0.39, 0.29) is 17.8 Å². The van der Waals surface area contributed by atoms with Crippen LogP contribution in [0, 0.1) is 0 Å². The first kappa shape index (κ1) is 15.2. The topological polar surface area (TPSA) is 185 Å². The van der Waals surface area contributed by atoms with Crippen LogP contribution >= 0.6 is 0 Å². The summed E-state index contributed by atoms with van der Waals surface area (Å²) < 4.78 is 35.3. The number of hydrogen-bond donors (Lipinski definition) is 3. The van der Waals surface area contributed by atoms with Crippen molar-refractivity contribution in [1.82, 2.24) is 19.7 Å². The number of hydrogen-bond acceptors (Lipinski definition) is 7. The molecule has 23 heavy (non-hydrogen) atoms. The van der Waals surface area contributed by atoms with E-state index in [1.54, 1.807) is 0 Å². The Morgan fingerprint density at radius 2 is 2.09 bits per heavy atom. The van der Waals surface area contributed by atoms with Gasteiger partial charge in [0.25, 0.3) is 0 Å². The molecule has 0 aromatic carbocycles. The Hall–Kier alpha value is -2.71. The molecule has 2 aliphatic rings. The number of primary amides is 1. The fourth-order valence-electron chi connectivity index (χ4n) is 2.70. The van der Waals surface area contributed by atoms with Crippen LogP contribution in [0.15, 0.2) is 6.20 Å². The van der Waals surface area contributed by atoms with Crippen molar-refractivity contribution in [3.05, 3.63) is 17.5 Å². The van der Waals surface area contributed by atoms with E-state index in [0.717, 1.165) is 11.1 Å². The van der Waals surface area contributed by atoms with E-state index in [1.807, 2.05) is 0 Å². The number of hydroxylamine groups is 2. The summed E-state index contributed by atoms with van der Waals surface area (Å²) in [5.41, 5.74) is 5.00. The summed E-state index contributed by atoms with van der Waals surface area (Å²) in [6, 6.07) is -4.87. The van der Waals surface area contributed by atoms with Gasteiger partial charge in [-0.1, -0.05) is 0 Å². The van der Waals surface area contributed by atoms with Gasteiger partial charge < -0.3 is 15.7 Å². The molecule has 0 spiro atoms. The molecule has 2 bridgehead atoms. The van der Waals surface area contributed by atoms with Crippen molar-refractivity contribution < 1.29 is 36.7 Å². The minimum atomic E-state index is -5.02. The van der Waals surface area contributed by atoms with E-state index in [2.05, 4.69) is 9.38 Å². The van der Waals surface area contributed by atoms with E-state index in [0.29, 0.717) is 9.75 Å². The van der Waals surface area contributed by atoms with Crippen molar-refractivity contribution in [3.8, 4) is 0 Å². The molecule has 1 aromatic heterocycles. The molecule has 1 saturated heterocycles. The van der Waals surface area contributed by atoms with Gasteiger partial charge in [0, 0.05) is 5.56 Å². The fraction of sp³-hybridized carbons (Fsp3) is 0.333. The number of carboxylic acid groups (broad SMARTS) is 1. The largest absolute Gasteiger partial charge is 0.479 e. The van der Waals surface area contributed by atoms with Crippen LogP contribution < -0.4 is 5.73 Å². The number of amides is 3. The molecule has 4 N–H and O–H groups in total. The lowest BCUT2D eigenvalue weighted by molar-refractivity contribution is -0.142. The van der Waals surface area contributed by atoms with Crippen molar-refractivity contribution in [2.75, 3.05) is 6.54 Å². The third-order valence-electron chi connectivity index (χ3n) is 3.47. The van der Waals surface area contributed by atoms with Crippen LogP contribution in [0.1, 0.15) is 23.3 Å². The van der Waals surface area contributed by atoms with Gasteiger partial charge in [-0.05, 0) is 0 Å². The third-order valence-corrected chi connectivity index (χ3v) is 3.82. The number of nitrogens with zero attached hydrogens (tertiary/aromatic N) is 4. The van der Waals surface area contributed by atoms with Crippen molar-refractivity contribution >= 4 is 28.4 Å². The summed E-state index contributed by atoms with van der Waals surface area (Å²) in [5.74, 6) is -1.48. The first-order chi connectivity index (χ1) is 10.6. The van der Waals surface area contributed by atoms with Gasteiger partial charge in [0.1, 0.15) is 6.04 Å². The average molecular weight is 347 g/mol. The Balaban J connectivity index is 2.16. The second-order valence-electron chi connectivity index (χ2n) is 4.75. The Morgan fingerprint density at radius 1 is 1.43 bits per heavy atom. The van der Waals surface area contributed by atoms with Gasteiger partial charge >= 0.3 is 28.4 Å². The Kier molecular flexibility index (Phi) is 3.07. The van der Waals surface area contributed by atoms with Crippen LogP contribution in [0.3, 0.4) is 0 Å². The van der Waals surface area contributed by atoms with Crippen molar-refractivity contribution in [3.63, 3.8) is 0 Å². The zero-order valence-electron chi connectivity index (χ0n) is 11.1. The van der Waals surface area contributed by atoms with Crippen LogP contribution in [0.5, 0.6) is 0 Å². The Morgan fingerprint density at radius 3 is 2.61 bits per heavy atom. The summed E-state index contributed by atoms with van der Waals surface area (Å²) >= 11 is 0. The summed E-state index contributed by atoms with van der Waals surface area (Å²) in [6.45, 7) is -0.233. The van der Waals surface area contributed by atoms with Crippen LogP contribution in [0.25, 0.3) is 0 Å². The van der Waals surface area contributed by atoms with Gasteiger partial charge in [-0.15, -0.1) is 4.28 Å². The lowest BCUT2D eigenvalue weighted by Gasteiger charge is -2.27. The molecule has 3 rings (SSSR count). The van der Waals surface area contributed by atoms with Crippen molar-refractivity contribution in [2.24, 2.45) is 5.73 Å². The molecule has 2 aliphatic heterocycles. The molecule has 0 saturated carbocycles. The molecular formula is C9H9N5O8S. The van der Waals surface area contributed by atoms with Gasteiger partial charge in [0.15, 0.2) is 6.04 Å². The second-order valence-corrected chi connectivity index (χ2v) is 5.76. The zero-order chi connectivity index (χ0) is 17.1. The monoisotopic (exact) mass is 347 g/mol. The molecule has 1 aromatic rings. The highest BCUT2D eigenvalue weighted by atomic mass is 32.3. The minimum Gasteiger partial charge on any atom is -0.479 e. The Bertz CT molecular complexity index is 831. The van der Waals surface area contributed by atoms with E-state index in [1.165, 1.54) is 0 Å². The number of rotatable bonds is 3. The van der Waals surface area contributed by atoms with Gasteiger partial charge in [0.05, 0.1) is 18.4 Å². The molecule has 14 heteroatoms. The van der Waals surface area contributed by atoms with Crippen LogP contribution in [0.4, 0.5) is 9.59 Å². The number of aliphatic carboxylic acids is 1. The van der Waals surface area contributed by atoms with Gasteiger partial charge in [-0.25, -0.2) is 14.4 Å². The molecule has 0 radical (unpaired) electrons. The number of carboxylic acids is 1. The first-order valence-electron chi connectivity index (χ1n) is 5.99. The normalized spacial score (nSPS) is 23.1. The smallest absolute Gasteiger partial charge is 0.418 e. The molecule has 2 atom stereocenters. The number of aromatic nitrogens is 2. The lowest BCUT2D eigenvalue weighted by Crippen LogP contribution is -2.41. The van der Waals surface area contributed by atoms with Crippen LogP contribution in [-0.2, 0) is 19.5 Å². The number of fused-ring (bicyclic) bond motifs is 4. The quantitative estimate of drug-likeness (QED) is 0.545. The second kappa shape index (κ2) is 4.64. The molecule has 3 heterocycles. The average Bonchev–Trinajstić information content (AvgIpc) is 2.94. The van der Waals surface area contributed by atoms with Gasteiger partial charge in [-0.3, -0.25) is 4.55 Å². The maximum absolute atomic E-state index is 12.2. The highest BCUT2D eigenvalue weighted by molar-refractivity contribution is 7.80.